The van der Waals surface area contributed by atoms with Gasteiger partial charge in [-0.3, -0.25) is 14.7 Å². The molecule has 4 atom stereocenters. The number of pyridine rings is 1. The summed E-state index contributed by atoms with van der Waals surface area (Å²) in [6, 6.07) is 3.79. The molecule has 2 aromatic heterocycles. The molecule has 3 saturated heterocycles. The summed E-state index contributed by atoms with van der Waals surface area (Å²) in [5.41, 5.74) is 2.14. The van der Waals surface area contributed by atoms with E-state index >= 15 is 0 Å². The predicted molar refractivity (Wildman–Crippen MR) is 112 cm³/mol. The number of nitrogens with one attached hydrogen (secondary N) is 1. The van der Waals surface area contributed by atoms with Gasteiger partial charge in [-0.05, 0) is 44.4 Å². The Morgan fingerprint density at radius 1 is 1.38 bits per heavy atom. The molecule has 7 heteroatoms. The van der Waals surface area contributed by atoms with E-state index in [0.29, 0.717) is 30.9 Å². The van der Waals surface area contributed by atoms with E-state index in [-0.39, 0.29) is 11.5 Å². The number of aryl methyl sites for hydroxylation is 2. The summed E-state index contributed by atoms with van der Waals surface area (Å²) in [6.07, 6.45) is 6.43. The monoisotopic (exact) mass is 412 g/mol. The highest BCUT2D eigenvalue weighted by atomic mass is 32.1. The van der Waals surface area contributed by atoms with Crippen LogP contribution in [0.5, 0.6) is 0 Å². The van der Waals surface area contributed by atoms with Crippen molar-refractivity contribution >= 4 is 17.2 Å². The lowest BCUT2D eigenvalue weighted by Gasteiger charge is -2.29. The Morgan fingerprint density at radius 3 is 2.97 bits per heavy atom. The van der Waals surface area contributed by atoms with Gasteiger partial charge in [0.25, 0.3) is 0 Å². The van der Waals surface area contributed by atoms with Gasteiger partial charge < -0.3 is 10.1 Å². The molecule has 0 saturated carbocycles. The average molecular weight is 413 g/mol. The third kappa shape index (κ3) is 3.60. The van der Waals surface area contributed by atoms with Crippen molar-refractivity contribution in [3.05, 3.63) is 45.7 Å². The molecule has 2 aromatic rings. The van der Waals surface area contributed by atoms with Crippen molar-refractivity contribution in [2.45, 2.75) is 51.4 Å². The third-order valence-electron chi connectivity index (χ3n) is 6.94. The van der Waals surface area contributed by atoms with E-state index in [9.17, 15) is 4.79 Å². The van der Waals surface area contributed by atoms with Gasteiger partial charge in [0.05, 0.1) is 30.4 Å². The van der Waals surface area contributed by atoms with Gasteiger partial charge in [0, 0.05) is 48.7 Å². The molecule has 5 heterocycles. The van der Waals surface area contributed by atoms with E-state index in [1.807, 2.05) is 23.5 Å². The minimum atomic E-state index is -0.00743. The molecule has 0 aliphatic carbocycles. The Hall–Kier alpha value is -1.83. The van der Waals surface area contributed by atoms with E-state index in [0.717, 1.165) is 43.7 Å². The summed E-state index contributed by atoms with van der Waals surface area (Å²) >= 11 is 1.81. The molecule has 1 N–H and O–H groups in total. The maximum Gasteiger partial charge on any atom is 0.224 e. The van der Waals surface area contributed by atoms with Crippen LogP contribution in [-0.4, -0.2) is 52.1 Å². The second-order valence-corrected chi connectivity index (χ2v) is 10.1. The van der Waals surface area contributed by atoms with Crippen LogP contribution < -0.4 is 5.32 Å². The molecule has 3 aliphatic heterocycles. The Kier molecular flexibility index (Phi) is 4.92. The van der Waals surface area contributed by atoms with E-state index in [2.05, 4.69) is 29.0 Å². The molecular weight excluding hydrogens is 384 g/mol. The van der Waals surface area contributed by atoms with E-state index in [4.69, 9.17) is 9.72 Å². The number of rotatable bonds is 6. The van der Waals surface area contributed by atoms with Crippen LogP contribution in [0.3, 0.4) is 0 Å². The van der Waals surface area contributed by atoms with E-state index in [1.54, 1.807) is 12.4 Å². The first kappa shape index (κ1) is 19.2. The fourth-order valence-electron chi connectivity index (χ4n) is 5.46. The summed E-state index contributed by atoms with van der Waals surface area (Å²) in [7, 11) is 0. The number of amides is 1. The second-order valence-electron chi connectivity index (χ2n) is 8.79. The van der Waals surface area contributed by atoms with Crippen LogP contribution in [-0.2, 0) is 22.5 Å². The fourth-order valence-corrected chi connectivity index (χ4v) is 6.43. The molecule has 5 rings (SSSR count). The number of hydrogen-bond donors (Lipinski definition) is 1. The third-order valence-corrected chi connectivity index (χ3v) is 7.99. The Morgan fingerprint density at radius 2 is 2.21 bits per heavy atom. The van der Waals surface area contributed by atoms with Crippen LogP contribution in [0.2, 0.25) is 0 Å². The molecule has 0 unspecified atom stereocenters. The van der Waals surface area contributed by atoms with Crippen LogP contribution in [0.15, 0.2) is 24.5 Å². The smallest absolute Gasteiger partial charge is 0.224 e. The molecule has 3 fully saturated rings. The number of carbonyl (C=O) groups excluding carboxylic acids is 1. The lowest BCUT2D eigenvalue weighted by Crippen LogP contribution is -2.42. The molecule has 0 aromatic carbocycles. The zero-order valence-electron chi connectivity index (χ0n) is 17.1. The molecule has 29 heavy (non-hydrogen) atoms. The van der Waals surface area contributed by atoms with Crippen molar-refractivity contribution in [1.82, 2.24) is 20.2 Å². The van der Waals surface area contributed by atoms with Gasteiger partial charge in [-0.2, -0.15) is 0 Å². The standard InChI is InChI=1S/C22H28N4O2S/c1-14-15(2)29-21(25-14)12-26-11-18-17(19-3-6-22(18,13-26)28-19)10-24-20(27)9-16-4-7-23-8-5-16/h4-5,7-8,17-19H,3,6,9-13H2,1-2H3,(H,24,27)/t17-,18+,19+,22+/m0/s1. The number of aromatic nitrogens is 2. The molecule has 1 amide bonds. The van der Waals surface area contributed by atoms with Gasteiger partial charge in [0.1, 0.15) is 5.01 Å². The summed E-state index contributed by atoms with van der Waals surface area (Å²) in [4.78, 5) is 25.0. The number of fused-ring (bicyclic) bond motifs is 1. The summed E-state index contributed by atoms with van der Waals surface area (Å²) in [6.45, 7) is 7.88. The highest BCUT2D eigenvalue weighted by Crippen LogP contribution is 2.54. The van der Waals surface area contributed by atoms with Crippen molar-refractivity contribution in [2.24, 2.45) is 11.8 Å². The van der Waals surface area contributed by atoms with Crippen molar-refractivity contribution in [3.63, 3.8) is 0 Å². The van der Waals surface area contributed by atoms with Gasteiger partial charge in [0.2, 0.25) is 5.91 Å². The van der Waals surface area contributed by atoms with Crippen LogP contribution in [0.25, 0.3) is 0 Å². The fraction of sp³-hybridized carbons (Fsp3) is 0.591. The minimum absolute atomic E-state index is 0.00743. The summed E-state index contributed by atoms with van der Waals surface area (Å²) in [5, 5.41) is 4.38. The first-order valence-corrected chi connectivity index (χ1v) is 11.3. The predicted octanol–water partition coefficient (Wildman–Crippen LogP) is 2.49. The maximum absolute atomic E-state index is 12.4. The second kappa shape index (κ2) is 7.45. The summed E-state index contributed by atoms with van der Waals surface area (Å²) < 4.78 is 6.53. The van der Waals surface area contributed by atoms with Gasteiger partial charge in [-0.1, -0.05) is 0 Å². The lowest BCUT2D eigenvalue weighted by molar-refractivity contribution is -0.120. The molecule has 2 bridgehead atoms. The Bertz CT molecular complexity index is 882. The topological polar surface area (TPSA) is 67.4 Å². The largest absolute Gasteiger partial charge is 0.370 e. The average Bonchev–Trinajstić information content (AvgIpc) is 3.41. The van der Waals surface area contributed by atoms with Crippen molar-refractivity contribution in [1.29, 1.82) is 0 Å². The summed E-state index contributed by atoms with van der Waals surface area (Å²) in [5.74, 6) is 0.996. The number of nitrogens with zero attached hydrogens (tertiary/aromatic N) is 3. The number of ether oxygens (including phenoxy) is 1. The quantitative estimate of drug-likeness (QED) is 0.790. The van der Waals surface area contributed by atoms with Gasteiger partial charge >= 0.3 is 0 Å². The lowest BCUT2D eigenvalue weighted by atomic mass is 9.73. The van der Waals surface area contributed by atoms with Gasteiger partial charge in [-0.15, -0.1) is 11.3 Å². The zero-order chi connectivity index (χ0) is 20.0. The number of thiazole rings is 1. The first-order valence-electron chi connectivity index (χ1n) is 10.5. The minimum Gasteiger partial charge on any atom is -0.370 e. The SMILES string of the molecule is Cc1nc(CN2C[C@@H]3[C@H](CNC(=O)Cc4ccncc4)[C@H]4CC[C@]3(C2)O4)sc1C. The van der Waals surface area contributed by atoms with Gasteiger partial charge in [0.15, 0.2) is 0 Å². The highest BCUT2D eigenvalue weighted by molar-refractivity contribution is 7.11. The molecule has 3 aliphatic rings. The number of likely N-dealkylation sites (tertiary alicyclic amines) is 1. The highest BCUT2D eigenvalue weighted by Gasteiger charge is 2.62. The van der Waals surface area contributed by atoms with E-state index < -0.39 is 0 Å². The molecule has 154 valence electrons. The van der Waals surface area contributed by atoms with Gasteiger partial charge in [-0.25, -0.2) is 4.98 Å². The van der Waals surface area contributed by atoms with Crippen LogP contribution in [0.4, 0.5) is 0 Å². The van der Waals surface area contributed by atoms with Crippen LogP contribution in [0, 0.1) is 25.7 Å². The first-order chi connectivity index (χ1) is 14.0. The Balaban J connectivity index is 1.20. The normalized spacial score (nSPS) is 30.6. The molecular formula is C22H28N4O2S. The molecule has 1 spiro atoms. The number of hydrogen-bond acceptors (Lipinski definition) is 6. The Labute approximate surface area is 175 Å². The maximum atomic E-state index is 12.4. The zero-order valence-corrected chi connectivity index (χ0v) is 17.9. The van der Waals surface area contributed by atoms with Crippen molar-refractivity contribution in [3.8, 4) is 0 Å². The van der Waals surface area contributed by atoms with Crippen molar-refractivity contribution < 1.29 is 9.53 Å². The van der Waals surface area contributed by atoms with Crippen LogP contribution in [0.1, 0.15) is 34.0 Å². The number of carbonyl (C=O) groups is 1. The van der Waals surface area contributed by atoms with Crippen molar-refractivity contribution in [2.75, 3.05) is 19.6 Å². The molecule has 0 radical (unpaired) electrons. The van der Waals surface area contributed by atoms with Crippen LogP contribution >= 0.6 is 11.3 Å². The van der Waals surface area contributed by atoms with E-state index in [1.165, 1.54) is 9.88 Å². The molecule has 6 nitrogen and oxygen atoms in total.